The Morgan fingerprint density at radius 3 is 2.82 bits per heavy atom. The van der Waals surface area contributed by atoms with E-state index in [1.54, 1.807) is 6.20 Å². The van der Waals surface area contributed by atoms with E-state index in [0.717, 1.165) is 0 Å². The van der Waals surface area contributed by atoms with Crippen LogP contribution < -0.4 is 11.4 Å². The molecule has 0 spiro atoms. The smallest absolute Gasteiger partial charge is 0.350 e. The van der Waals surface area contributed by atoms with E-state index in [0.29, 0.717) is 4.47 Å². The predicted molar refractivity (Wildman–Crippen MR) is 68.7 cm³/mol. The molecule has 1 aliphatic heterocycles. The molecule has 17 heavy (non-hydrogen) atoms. The molecule has 0 bridgehead atoms. The lowest BCUT2D eigenvalue weighted by Crippen LogP contribution is -2.45. The van der Waals surface area contributed by atoms with Gasteiger partial charge in [-0.05, 0) is 15.9 Å². The first-order valence-electron chi connectivity index (χ1n) is 4.99. The minimum Gasteiger partial charge on any atom is -0.396 e. The number of aliphatic hydroxyl groups excluding tert-OH is 2. The maximum absolute atomic E-state index is 11.7. The molecule has 2 heterocycles. The van der Waals surface area contributed by atoms with Gasteiger partial charge in [0.15, 0.2) is 0 Å². The van der Waals surface area contributed by atoms with Gasteiger partial charge in [0.25, 0.3) is 0 Å². The fourth-order valence-electron chi connectivity index (χ4n) is 1.77. The van der Waals surface area contributed by atoms with Crippen molar-refractivity contribution in [2.75, 3.05) is 18.9 Å². The third kappa shape index (κ3) is 2.22. The highest BCUT2D eigenvalue weighted by Crippen LogP contribution is 2.49. The van der Waals surface area contributed by atoms with E-state index in [1.807, 2.05) is 0 Å². The second-order valence-corrected chi connectivity index (χ2v) is 5.97. The third-order valence-corrected chi connectivity index (χ3v) is 5.07. The molecule has 94 valence electrons. The quantitative estimate of drug-likeness (QED) is 0.713. The minimum atomic E-state index is -0.446. The molecule has 0 aliphatic carbocycles. The van der Waals surface area contributed by atoms with Crippen molar-refractivity contribution in [3.05, 3.63) is 21.2 Å². The summed E-state index contributed by atoms with van der Waals surface area (Å²) in [6.45, 7) is -0.0813. The van der Waals surface area contributed by atoms with Gasteiger partial charge in [-0.3, -0.25) is 4.57 Å². The Morgan fingerprint density at radius 1 is 1.53 bits per heavy atom. The highest BCUT2D eigenvalue weighted by atomic mass is 79.9. The van der Waals surface area contributed by atoms with E-state index >= 15 is 0 Å². The van der Waals surface area contributed by atoms with Gasteiger partial charge in [0, 0.05) is 24.0 Å². The molecule has 0 saturated carbocycles. The summed E-state index contributed by atoms with van der Waals surface area (Å²) < 4.78 is 1.97. The molecule has 1 aromatic heterocycles. The fourth-order valence-corrected chi connectivity index (χ4v) is 3.45. The number of hydrogen-bond donors (Lipinski definition) is 3. The minimum absolute atomic E-state index is 0.00921. The van der Waals surface area contributed by atoms with E-state index in [2.05, 4.69) is 20.9 Å². The summed E-state index contributed by atoms with van der Waals surface area (Å²) in [4.78, 5) is 15.4. The van der Waals surface area contributed by atoms with Crippen molar-refractivity contribution in [2.45, 2.75) is 10.6 Å². The van der Waals surface area contributed by atoms with E-state index in [4.69, 9.17) is 10.8 Å². The lowest BCUT2D eigenvalue weighted by atomic mass is 10.0. The largest absolute Gasteiger partial charge is 0.396 e. The molecule has 1 aromatic rings. The van der Waals surface area contributed by atoms with Crippen LogP contribution in [0, 0.1) is 5.92 Å². The number of rotatable bonds is 3. The van der Waals surface area contributed by atoms with Gasteiger partial charge in [-0.25, -0.2) is 4.79 Å². The molecule has 2 rings (SSSR count). The van der Waals surface area contributed by atoms with Gasteiger partial charge in [0.2, 0.25) is 0 Å². The molecule has 0 radical (unpaired) electrons. The Kier molecular flexibility index (Phi) is 3.76. The number of halogens is 1. The van der Waals surface area contributed by atoms with E-state index in [9.17, 15) is 9.90 Å². The molecular formula is C9H12BrN3O3S. The van der Waals surface area contributed by atoms with Crippen LogP contribution in [0.15, 0.2) is 15.5 Å². The summed E-state index contributed by atoms with van der Waals surface area (Å²) >= 11 is 4.65. The van der Waals surface area contributed by atoms with Gasteiger partial charge in [-0.1, -0.05) is 0 Å². The zero-order valence-corrected chi connectivity index (χ0v) is 11.2. The maximum Gasteiger partial charge on any atom is 0.350 e. The molecule has 0 unspecified atom stereocenters. The maximum atomic E-state index is 11.7. The first kappa shape index (κ1) is 12.9. The number of aliphatic hydroxyl groups is 2. The first-order valence-corrected chi connectivity index (χ1v) is 6.73. The van der Waals surface area contributed by atoms with Crippen LogP contribution in [0.3, 0.4) is 0 Å². The zero-order chi connectivity index (χ0) is 12.6. The van der Waals surface area contributed by atoms with Crippen LogP contribution in [0.25, 0.3) is 0 Å². The van der Waals surface area contributed by atoms with Crippen LogP contribution in [0.1, 0.15) is 5.37 Å². The molecule has 6 nitrogen and oxygen atoms in total. The summed E-state index contributed by atoms with van der Waals surface area (Å²) in [5, 5.41) is 18.1. The van der Waals surface area contributed by atoms with Crippen LogP contribution in [0.4, 0.5) is 5.82 Å². The van der Waals surface area contributed by atoms with Gasteiger partial charge < -0.3 is 15.9 Å². The second-order valence-electron chi connectivity index (χ2n) is 3.76. The number of nitrogens with two attached hydrogens (primary N) is 1. The van der Waals surface area contributed by atoms with E-state index in [1.165, 1.54) is 16.3 Å². The predicted octanol–water partition coefficient (Wildman–Crippen LogP) is -0.197. The normalized spacial score (nSPS) is 27.8. The Balaban J connectivity index is 2.30. The SMILES string of the molecule is Nc1nc(=O)n([C@@H]2S[C@H](CO)[C@H]2CO)cc1Br. The van der Waals surface area contributed by atoms with E-state index < -0.39 is 5.69 Å². The average Bonchev–Trinajstić information content (AvgIpc) is 2.25. The molecule has 1 aliphatic rings. The molecule has 1 fully saturated rings. The number of hydrogen-bond acceptors (Lipinski definition) is 6. The fraction of sp³-hybridized carbons (Fsp3) is 0.556. The molecular weight excluding hydrogens is 310 g/mol. The lowest BCUT2D eigenvalue weighted by molar-refractivity contribution is 0.155. The van der Waals surface area contributed by atoms with Crippen molar-refractivity contribution in [1.29, 1.82) is 0 Å². The average molecular weight is 322 g/mol. The summed E-state index contributed by atoms with van der Waals surface area (Å²) in [6, 6.07) is 0. The summed E-state index contributed by atoms with van der Waals surface area (Å²) in [7, 11) is 0. The first-order chi connectivity index (χ1) is 8.08. The van der Waals surface area contributed by atoms with Crippen molar-refractivity contribution in [1.82, 2.24) is 9.55 Å². The van der Waals surface area contributed by atoms with Crippen LogP contribution in [-0.2, 0) is 0 Å². The van der Waals surface area contributed by atoms with Crippen LogP contribution >= 0.6 is 27.7 Å². The highest BCUT2D eigenvalue weighted by Gasteiger charge is 2.42. The van der Waals surface area contributed by atoms with Crippen LogP contribution in [0.5, 0.6) is 0 Å². The Labute approximate surface area is 110 Å². The highest BCUT2D eigenvalue weighted by molar-refractivity contribution is 9.10. The Morgan fingerprint density at radius 2 is 2.24 bits per heavy atom. The van der Waals surface area contributed by atoms with Crippen molar-refractivity contribution in [3.8, 4) is 0 Å². The van der Waals surface area contributed by atoms with Crippen molar-refractivity contribution >= 4 is 33.5 Å². The molecule has 1 saturated heterocycles. The summed E-state index contributed by atoms with van der Waals surface area (Å²) in [5.74, 6) is 0.00912. The zero-order valence-electron chi connectivity index (χ0n) is 8.78. The number of aromatic nitrogens is 2. The summed E-state index contributed by atoms with van der Waals surface area (Å²) in [6.07, 6.45) is 1.57. The molecule has 8 heteroatoms. The number of thioether (sulfide) groups is 1. The van der Waals surface area contributed by atoms with E-state index in [-0.39, 0.29) is 35.6 Å². The monoisotopic (exact) mass is 321 g/mol. The summed E-state index contributed by atoms with van der Waals surface area (Å²) in [5.41, 5.74) is 5.06. The van der Waals surface area contributed by atoms with Crippen LogP contribution in [0.2, 0.25) is 0 Å². The topological polar surface area (TPSA) is 101 Å². The van der Waals surface area contributed by atoms with Crippen LogP contribution in [-0.4, -0.2) is 38.2 Å². The second kappa shape index (κ2) is 4.97. The number of nitrogens with zero attached hydrogens (tertiary/aromatic N) is 2. The molecule has 3 atom stereocenters. The van der Waals surface area contributed by atoms with Crippen molar-refractivity contribution in [2.24, 2.45) is 5.92 Å². The van der Waals surface area contributed by atoms with Crippen molar-refractivity contribution in [3.63, 3.8) is 0 Å². The van der Waals surface area contributed by atoms with Gasteiger partial charge in [-0.15, -0.1) is 11.8 Å². The molecule has 0 amide bonds. The van der Waals surface area contributed by atoms with Gasteiger partial charge >= 0.3 is 5.69 Å². The van der Waals surface area contributed by atoms with Gasteiger partial charge in [0.1, 0.15) is 5.82 Å². The molecule has 0 aromatic carbocycles. The lowest BCUT2D eigenvalue weighted by Gasteiger charge is -2.42. The van der Waals surface area contributed by atoms with Crippen molar-refractivity contribution < 1.29 is 10.2 Å². The number of nitrogen functional groups attached to an aromatic ring is 1. The third-order valence-electron chi connectivity index (χ3n) is 2.76. The van der Waals surface area contributed by atoms with Gasteiger partial charge in [-0.2, -0.15) is 4.98 Å². The number of anilines is 1. The Bertz CT molecular complexity index is 481. The molecule has 4 N–H and O–H groups in total. The van der Waals surface area contributed by atoms with Gasteiger partial charge in [0.05, 0.1) is 16.5 Å². The Hall–Kier alpha value is -0.570. The standard InChI is InChI=1S/C9H12BrN3O3S/c10-5-1-13(9(16)12-7(5)11)8-4(2-14)6(3-15)17-8/h1,4,6,8,14-15H,2-3H2,(H2,11,12,16)/t4-,6-,8-/m1/s1.